The van der Waals surface area contributed by atoms with Gasteiger partial charge < -0.3 is 10.1 Å². The molecule has 1 aliphatic carbocycles. The molecule has 1 N–H and O–H groups in total. The van der Waals surface area contributed by atoms with Crippen LogP contribution in [0.15, 0.2) is 18.2 Å². The van der Waals surface area contributed by atoms with Crippen molar-refractivity contribution in [3.8, 4) is 5.75 Å². The quantitative estimate of drug-likeness (QED) is 0.920. The second-order valence-electron chi connectivity index (χ2n) is 5.77. The highest BCUT2D eigenvalue weighted by Crippen LogP contribution is 2.30. The van der Waals surface area contributed by atoms with Gasteiger partial charge in [-0.25, -0.2) is 4.39 Å². The van der Waals surface area contributed by atoms with Crippen molar-refractivity contribution in [1.82, 2.24) is 5.32 Å². The molecule has 110 valence electrons. The lowest BCUT2D eigenvalue weighted by atomic mass is 9.94. The molecule has 1 heterocycles. The van der Waals surface area contributed by atoms with Crippen molar-refractivity contribution in [1.29, 1.82) is 0 Å². The average molecular weight is 295 g/mol. The number of hydrogen-bond donors (Lipinski definition) is 1. The Kier molecular flexibility index (Phi) is 4.51. The van der Waals surface area contributed by atoms with Crippen LogP contribution in [0.4, 0.5) is 4.39 Å². The van der Waals surface area contributed by atoms with Gasteiger partial charge in [-0.2, -0.15) is 11.8 Å². The maximum Gasteiger partial charge on any atom is 0.123 e. The minimum atomic E-state index is -0.171. The summed E-state index contributed by atoms with van der Waals surface area (Å²) < 4.78 is 19.1. The first-order valence-electron chi connectivity index (χ1n) is 7.47. The molecule has 3 rings (SSSR count). The van der Waals surface area contributed by atoms with Crippen LogP contribution in [0.1, 0.15) is 31.2 Å². The van der Waals surface area contributed by atoms with Crippen molar-refractivity contribution in [2.24, 2.45) is 0 Å². The molecule has 1 aromatic rings. The summed E-state index contributed by atoms with van der Waals surface area (Å²) in [7, 11) is 0. The lowest BCUT2D eigenvalue weighted by Gasteiger charge is -2.31. The lowest BCUT2D eigenvalue weighted by molar-refractivity contribution is 0.215. The van der Waals surface area contributed by atoms with Gasteiger partial charge >= 0.3 is 0 Å². The molecule has 2 nitrogen and oxygen atoms in total. The minimum Gasteiger partial charge on any atom is -0.488 e. The van der Waals surface area contributed by atoms with Gasteiger partial charge in [-0.15, -0.1) is 0 Å². The molecule has 0 amide bonds. The molecular weight excluding hydrogens is 273 g/mol. The van der Waals surface area contributed by atoms with E-state index in [9.17, 15) is 4.39 Å². The van der Waals surface area contributed by atoms with Crippen LogP contribution in [-0.4, -0.2) is 30.2 Å². The third-order valence-corrected chi connectivity index (χ3v) is 5.55. The van der Waals surface area contributed by atoms with Crippen molar-refractivity contribution in [2.75, 3.05) is 12.8 Å². The summed E-state index contributed by atoms with van der Waals surface area (Å²) in [6.45, 7) is 0.859. The summed E-state index contributed by atoms with van der Waals surface area (Å²) in [4.78, 5) is 0. The van der Waals surface area contributed by atoms with Crippen LogP contribution in [-0.2, 0) is 6.42 Å². The number of benzene rings is 1. The Morgan fingerprint density at radius 1 is 1.35 bits per heavy atom. The Hall–Kier alpha value is -0.740. The van der Waals surface area contributed by atoms with Gasteiger partial charge in [0.1, 0.15) is 17.7 Å². The molecule has 1 aliphatic heterocycles. The van der Waals surface area contributed by atoms with Crippen molar-refractivity contribution in [3.05, 3.63) is 29.6 Å². The van der Waals surface area contributed by atoms with Crippen LogP contribution in [0.3, 0.4) is 0 Å². The van der Waals surface area contributed by atoms with E-state index in [1.54, 1.807) is 12.1 Å². The number of thioether (sulfide) groups is 1. The molecule has 20 heavy (non-hydrogen) atoms. The normalized spacial score (nSPS) is 29.0. The van der Waals surface area contributed by atoms with Gasteiger partial charge in [-0.05, 0) is 37.3 Å². The largest absolute Gasteiger partial charge is 0.488 e. The van der Waals surface area contributed by atoms with Gasteiger partial charge in [0.15, 0.2) is 0 Å². The minimum absolute atomic E-state index is 0.149. The van der Waals surface area contributed by atoms with E-state index in [0.717, 1.165) is 29.5 Å². The topological polar surface area (TPSA) is 21.3 Å². The SMILES string of the molecule is CSC1CCCCC1NCC1Cc2cc(F)ccc2O1. The zero-order valence-corrected chi connectivity index (χ0v) is 12.7. The highest BCUT2D eigenvalue weighted by molar-refractivity contribution is 7.99. The molecule has 0 saturated heterocycles. The van der Waals surface area contributed by atoms with Crippen LogP contribution in [0, 0.1) is 5.82 Å². The second kappa shape index (κ2) is 6.35. The Balaban J connectivity index is 1.53. The monoisotopic (exact) mass is 295 g/mol. The molecule has 0 bridgehead atoms. The molecule has 3 atom stereocenters. The van der Waals surface area contributed by atoms with Gasteiger partial charge in [-0.1, -0.05) is 12.8 Å². The fourth-order valence-electron chi connectivity index (χ4n) is 3.30. The molecule has 1 fully saturated rings. The average Bonchev–Trinajstić information content (AvgIpc) is 2.87. The van der Waals surface area contributed by atoms with E-state index in [2.05, 4.69) is 11.6 Å². The van der Waals surface area contributed by atoms with Crippen molar-refractivity contribution in [3.63, 3.8) is 0 Å². The standard InChI is InChI=1S/C16H22FNOS/c1-20-16-5-3-2-4-14(16)18-10-13-9-11-8-12(17)6-7-15(11)19-13/h6-8,13-14,16,18H,2-5,9-10H2,1H3. The van der Waals surface area contributed by atoms with Crippen LogP contribution >= 0.6 is 11.8 Å². The molecule has 0 spiro atoms. The number of nitrogens with one attached hydrogen (secondary N) is 1. The van der Waals surface area contributed by atoms with Crippen molar-refractivity contribution >= 4 is 11.8 Å². The first-order chi connectivity index (χ1) is 9.76. The van der Waals surface area contributed by atoms with E-state index in [-0.39, 0.29) is 11.9 Å². The maximum atomic E-state index is 13.2. The highest BCUT2D eigenvalue weighted by Gasteiger charge is 2.27. The summed E-state index contributed by atoms with van der Waals surface area (Å²) in [6, 6.07) is 5.42. The van der Waals surface area contributed by atoms with Crippen LogP contribution in [0.25, 0.3) is 0 Å². The molecule has 4 heteroatoms. The molecule has 1 aromatic carbocycles. The van der Waals surface area contributed by atoms with E-state index >= 15 is 0 Å². The van der Waals surface area contributed by atoms with Crippen molar-refractivity contribution < 1.29 is 9.13 Å². The van der Waals surface area contributed by atoms with Crippen molar-refractivity contribution in [2.45, 2.75) is 49.5 Å². The summed E-state index contributed by atoms with van der Waals surface area (Å²) >= 11 is 1.97. The Labute approximate surface area is 124 Å². The fraction of sp³-hybridized carbons (Fsp3) is 0.625. The zero-order valence-electron chi connectivity index (χ0n) is 11.9. The molecule has 0 radical (unpaired) electrons. The van der Waals surface area contributed by atoms with Gasteiger partial charge in [-0.3, -0.25) is 0 Å². The number of fused-ring (bicyclic) bond motifs is 1. The van der Waals surface area contributed by atoms with E-state index in [1.807, 2.05) is 11.8 Å². The lowest BCUT2D eigenvalue weighted by Crippen LogP contribution is -2.44. The fourth-order valence-corrected chi connectivity index (χ4v) is 4.26. The summed E-state index contributed by atoms with van der Waals surface area (Å²) in [6.07, 6.45) is 8.43. The smallest absolute Gasteiger partial charge is 0.123 e. The summed E-state index contributed by atoms with van der Waals surface area (Å²) in [5, 5.41) is 4.40. The van der Waals surface area contributed by atoms with Gasteiger partial charge in [0.25, 0.3) is 0 Å². The van der Waals surface area contributed by atoms with Crippen LogP contribution in [0.5, 0.6) is 5.75 Å². The van der Waals surface area contributed by atoms with E-state index in [1.165, 1.54) is 31.7 Å². The summed E-state index contributed by atoms with van der Waals surface area (Å²) in [5.74, 6) is 0.680. The Bertz CT molecular complexity index is 468. The third kappa shape index (κ3) is 3.12. The first kappa shape index (κ1) is 14.2. The Morgan fingerprint density at radius 3 is 3.05 bits per heavy atom. The molecule has 3 unspecified atom stereocenters. The first-order valence-corrected chi connectivity index (χ1v) is 8.76. The predicted molar refractivity (Wildman–Crippen MR) is 82.1 cm³/mol. The Morgan fingerprint density at radius 2 is 2.20 bits per heavy atom. The highest BCUT2D eigenvalue weighted by atomic mass is 32.2. The number of hydrogen-bond acceptors (Lipinski definition) is 3. The number of ether oxygens (including phenoxy) is 1. The third-order valence-electron chi connectivity index (χ3n) is 4.38. The van der Waals surface area contributed by atoms with Gasteiger partial charge in [0.05, 0.1) is 0 Å². The maximum absolute atomic E-state index is 13.2. The zero-order chi connectivity index (χ0) is 13.9. The predicted octanol–water partition coefficient (Wildman–Crippen LogP) is 3.39. The van der Waals surface area contributed by atoms with E-state index in [4.69, 9.17) is 4.74 Å². The van der Waals surface area contributed by atoms with Crippen LogP contribution in [0.2, 0.25) is 0 Å². The van der Waals surface area contributed by atoms with Gasteiger partial charge in [0.2, 0.25) is 0 Å². The molecule has 0 aromatic heterocycles. The van der Waals surface area contributed by atoms with E-state index in [0.29, 0.717) is 6.04 Å². The second-order valence-corrected chi connectivity index (χ2v) is 6.85. The molecule has 2 aliphatic rings. The summed E-state index contributed by atoms with van der Waals surface area (Å²) in [5.41, 5.74) is 1.00. The molecule has 1 saturated carbocycles. The number of halogens is 1. The van der Waals surface area contributed by atoms with Gasteiger partial charge in [0, 0.05) is 29.8 Å². The number of rotatable bonds is 4. The van der Waals surface area contributed by atoms with E-state index < -0.39 is 0 Å². The van der Waals surface area contributed by atoms with Crippen LogP contribution < -0.4 is 10.1 Å². The molecular formula is C16H22FNOS.